The average molecular weight is 966 g/mol. The number of unbranched alkanes of at least 4 members (excludes halogenated alkanes) is 22. The van der Waals surface area contributed by atoms with Gasteiger partial charge in [-0.3, -0.25) is 9.59 Å². The van der Waals surface area contributed by atoms with E-state index < -0.39 is 18.1 Å². The second-order valence-corrected chi connectivity index (χ2v) is 19.8. The van der Waals surface area contributed by atoms with Gasteiger partial charge in [0.15, 0.2) is 12.1 Å². The fourth-order valence-electron chi connectivity index (χ4n) is 7.97. The summed E-state index contributed by atoms with van der Waals surface area (Å²) >= 11 is 0. The highest BCUT2D eigenvalue weighted by Crippen LogP contribution is 2.15. The number of esters is 2. The lowest BCUT2D eigenvalue weighted by molar-refractivity contribution is -0.887. The largest absolute Gasteiger partial charge is 0.477 e. The fraction of sp³-hybridized carbons (Fsp3) is 0.721. The standard InChI is InChI=1S/C61H105NO7/c1-6-8-10-12-14-16-18-20-22-24-26-28-30-32-34-36-38-40-42-44-46-48-50-52-60(64)69-57(55-67-54-53-58(61(65)66)62(3,4)5)56-68-59(63)51-49-47-45-43-41-39-37-35-33-31-29-27-25-23-21-19-17-15-13-11-9-7-2/h8,10,14,16,20,22,25-28,31-34,57-58H,6-7,9,11-13,15,17-19,21,23-24,29-30,35-56H2,1-5H3/p+1/b10-8+,16-14+,22-20+,27-25+,28-26+,33-31+,34-32+. The van der Waals surface area contributed by atoms with Gasteiger partial charge in [0.1, 0.15) is 6.61 Å². The predicted octanol–water partition coefficient (Wildman–Crippen LogP) is 16.8. The van der Waals surface area contributed by atoms with E-state index in [1.54, 1.807) is 0 Å². The summed E-state index contributed by atoms with van der Waals surface area (Å²) < 4.78 is 17.4. The minimum atomic E-state index is -0.879. The van der Waals surface area contributed by atoms with Crippen LogP contribution in [0, 0.1) is 0 Å². The van der Waals surface area contributed by atoms with Crippen LogP contribution in [-0.4, -0.2) is 80.6 Å². The van der Waals surface area contributed by atoms with Crippen molar-refractivity contribution >= 4 is 17.9 Å². The maximum absolute atomic E-state index is 12.8. The number of hydrogen-bond donors (Lipinski definition) is 1. The summed E-state index contributed by atoms with van der Waals surface area (Å²) in [6, 6.07) is -0.624. The molecule has 0 aliphatic heterocycles. The third kappa shape index (κ3) is 49.3. The molecule has 0 aromatic heterocycles. The van der Waals surface area contributed by atoms with Crippen molar-refractivity contribution in [1.29, 1.82) is 0 Å². The zero-order valence-corrected chi connectivity index (χ0v) is 45.2. The Morgan fingerprint density at radius 1 is 0.449 bits per heavy atom. The first kappa shape index (κ1) is 65.5. The van der Waals surface area contributed by atoms with Gasteiger partial charge in [0, 0.05) is 19.3 Å². The predicted molar refractivity (Wildman–Crippen MR) is 293 cm³/mol. The molecule has 0 aliphatic rings. The number of rotatable bonds is 50. The molecular weight excluding hydrogens is 859 g/mol. The third-order valence-electron chi connectivity index (χ3n) is 12.3. The molecule has 8 heteroatoms. The Morgan fingerprint density at radius 2 is 0.812 bits per heavy atom. The number of carbonyl (C=O) groups is 3. The molecule has 1 N–H and O–H groups in total. The molecule has 69 heavy (non-hydrogen) atoms. The van der Waals surface area contributed by atoms with Crippen molar-refractivity contribution in [1.82, 2.24) is 0 Å². The van der Waals surface area contributed by atoms with Crippen molar-refractivity contribution in [3.63, 3.8) is 0 Å². The number of carboxylic acid groups (broad SMARTS) is 1. The maximum atomic E-state index is 12.8. The third-order valence-corrected chi connectivity index (χ3v) is 12.3. The van der Waals surface area contributed by atoms with Crippen LogP contribution in [0.1, 0.15) is 232 Å². The monoisotopic (exact) mass is 965 g/mol. The smallest absolute Gasteiger partial charge is 0.362 e. The topological polar surface area (TPSA) is 99.1 Å². The van der Waals surface area contributed by atoms with Crippen molar-refractivity contribution in [3.8, 4) is 0 Å². The van der Waals surface area contributed by atoms with Gasteiger partial charge in [0.25, 0.3) is 0 Å². The summed E-state index contributed by atoms with van der Waals surface area (Å²) in [6.07, 6.45) is 67.8. The molecule has 0 aromatic carbocycles. The summed E-state index contributed by atoms with van der Waals surface area (Å²) in [4.78, 5) is 37.3. The van der Waals surface area contributed by atoms with Crippen LogP contribution in [0.25, 0.3) is 0 Å². The molecule has 8 nitrogen and oxygen atoms in total. The van der Waals surface area contributed by atoms with E-state index in [0.29, 0.717) is 19.3 Å². The minimum Gasteiger partial charge on any atom is -0.477 e. The van der Waals surface area contributed by atoms with Crippen molar-refractivity contribution < 1.29 is 38.2 Å². The van der Waals surface area contributed by atoms with Gasteiger partial charge in [-0.2, -0.15) is 0 Å². The number of nitrogens with zero attached hydrogens (tertiary/aromatic N) is 1. The maximum Gasteiger partial charge on any atom is 0.362 e. The van der Waals surface area contributed by atoms with E-state index in [1.165, 1.54) is 103 Å². The number of likely N-dealkylation sites (N-methyl/N-ethyl adjacent to an activating group) is 1. The van der Waals surface area contributed by atoms with Crippen LogP contribution in [0.5, 0.6) is 0 Å². The Morgan fingerprint density at radius 3 is 1.20 bits per heavy atom. The second-order valence-electron chi connectivity index (χ2n) is 19.8. The molecule has 0 saturated heterocycles. The van der Waals surface area contributed by atoms with Crippen LogP contribution >= 0.6 is 0 Å². The quantitative estimate of drug-likeness (QED) is 0.0281. The van der Waals surface area contributed by atoms with Crippen LogP contribution in [0.15, 0.2) is 85.1 Å². The first-order valence-corrected chi connectivity index (χ1v) is 28.1. The molecular formula is C61H106NO7+. The Labute approximate surface area is 424 Å². The Kier molecular flexibility index (Phi) is 48.3. The highest BCUT2D eigenvalue weighted by molar-refractivity contribution is 5.72. The van der Waals surface area contributed by atoms with E-state index in [2.05, 4.69) is 98.9 Å². The molecule has 0 heterocycles. The second kappa shape index (κ2) is 50.9. The van der Waals surface area contributed by atoms with Crippen molar-refractivity contribution in [2.45, 2.75) is 244 Å². The van der Waals surface area contributed by atoms with Crippen LogP contribution in [0.3, 0.4) is 0 Å². The molecule has 0 aromatic rings. The van der Waals surface area contributed by atoms with E-state index in [0.717, 1.165) is 96.3 Å². The van der Waals surface area contributed by atoms with Crippen molar-refractivity contribution in [2.24, 2.45) is 0 Å². The number of quaternary nitrogens is 1. The van der Waals surface area contributed by atoms with Gasteiger partial charge in [-0.15, -0.1) is 0 Å². The van der Waals surface area contributed by atoms with E-state index in [9.17, 15) is 19.5 Å². The normalized spacial score (nSPS) is 13.5. The van der Waals surface area contributed by atoms with Crippen molar-refractivity contribution in [3.05, 3.63) is 85.1 Å². The number of ether oxygens (including phenoxy) is 3. The molecule has 0 fully saturated rings. The summed E-state index contributed by atoms with van der Waals surface area (Å²) in [5, 5.41) is 9.68. The van der Waals surface area contributed by atoms with Gasteiger partial charge in [-0.1, -0.05) is 208 Å². The molecule has 396 valence electrons. The number of carboxylic acids is 1. The Balaban J connectivity index is 4.25. The molecule has 0 bridgehead atoms. The molecule has 0 aliphatic carbocycles. The van der Waals surface area contributed by atoms with Crippen LogP contribution in [-0.2, 0) is 28.6 Å². The average Bonchev–Trinajstić information content (AvgIpc) is 3.31. The van der Waals surface area contributed by atoms with Gasteiger partial charge in [-0.25, -0.2) is 4.79 Å². The van der Waals surface area contributed by atoms with Gasteiger partial charge in [0.2, 0.25) is 0 Å². The molecule has 2 unspecified atom stereocenters. The lowest BCUT2D eigenvalue weighted by Crippen LogP contribution is -2.50. The SMILES string of the molecule is CC/C=C/C/C=C/C/C=C/C/C=C/C/C=C/CCCCCCCCCC(=O)OC(COCCC(C(=O)O)[N+](C)(C)C)COC(=O)CCCCCCCCC/C=C/C/C=C/CCCCCCCCCC. The Bertz CT molecular complexity index is 1400. The number of aliphatic carboxylic acids is 1. The van der Waals surface area contributed by atoms with Gasteiger partial charge in [0.05, 0.1) is 34.4 Å². The Hall–Kier alpha value is -3.49. The zero-order valence-electron chi connectivity index (χ0n) is 45.2. The van der Waals surface area contributed by atoms with Crippen LogP contribution < -0.4 is 0 Å². The highest BCUT2D eigenvalue weighted by Gasteiger charge is 2.31. The molecule has 0 rings (SSSR count). The summed E-state index contributed by atoms with van der Waals surface area (Å²) in [6.45, 7) is 4.62. The fourth-order valence-corrected chi connectivity index (χ4v) is 7.97. The van der Waals surface area contributed by atoms with E-state index in [4.69, 9.17) is 14.2 Å². The number of hydrogen-bond acceptors (Lipinski definition) is 6. The summed E-state index contributed by atoms with van der Waals surface area (Å²) in [7, 11) is 5.53. The molecule has 0 amide bonds. The van der Waals surface area contributed by atoms with Crippen LogP contribution in [0.4, 0.5) is 0 Å². The van der Waals surface area contributed by atoms with E-state index in [1.807, 2.05) is 21.1 Å². The number of carbonyl (C=O) groups excluding carboxylic acids is 2. The molecule has 0 saturated carbocycles. The highest BCUT2D eigenvalue weighted by atomic mass is 16.6. The molecule has 2 atom stereocenters. The van der Waals surface area contributed by atoms with E-state index in [-0.39, 0.29) is 36.2 Å². The van der Waals surface area contributed by atoms with Gasteiger partial charge < -0.3 is 23.8 Å². The summed E-state index contributed by atoms with van der Waals surface area (Å²) in [5.74, 6) is -1.49. The first-order chi connectivity index (χ1) is 33.6. The first-order valence-electron chi connectivity index (χ1n) is 28.1. The van der Waals surface area contributed by atoms with Gasteiger partial charge >= 0.3 is 17.9 Å². The molecule has 0 spiro atoms. The van der Waals surface area contributed by atoms with Crippen LogP contribution in [0.2, 0.25) is 0 Å². The number of allylic oxidation sites excluding steroid dienone is 14. The summed E-state index contributed by atoms with van der Waals surface area (Å²) in [5.41, 5.74) is 0. The minimum absolute atomic E-state index is 0.0500. The van der Waals surface area contributed by atoms with Crippen molar-refractivity contribution in [2.75, 3.05) is 41.0 Å². The zero-order chi connectivity index (χ0) is 50.6. The molecule has 0 radical (unpaired) electrons. The van der Waals surface area contributed by atoms with Gasteiger partial charge in [-0.05, 0) is 89.9 Å². The lowest BCUT2D eigenvalue weighted by Gasteiger charge is -2.31. The van der Waals surface area contributed by atoms with E-state index >= 15 is 0 Å². The lowest BCUT2D eigenvalue weighted by atomic mass is 10.1.